The van der Waals surface area contributed by atoms with Crippen LogP contribution >= 0.6 is 0 Å². The summed E-state index contributed by atoms with van der Waals surface area (Å²) in [6.07, 6.45) is -21.0. The van der Waals surface area contributed by atoms with Gasteiger partial charge < -0.3 is 4.74 Å². The van der Waals surface area contributed by atoms with Crippen molar-refractivity contribution in [3.05, 3.63) is 29.3 Å². The predicted molar refractivity (Wildman–Crippen MR) is 68.5 cm³/mol. The van der Waals surface area contributed by atoms with Crippen LogP contribution in [0.5, 0.6) is 5.75 Å². The van der Waals surface area contributed by atoms with E-state index in [1.807, 2.05) is 0 Å². The highest BCUT2D eigenvalue weighted by Crippen LogP contribution is 2.51. The summed E-state index contributed by atoms with van der Waals surface area (Å²) in [5.41, 5.74) is 0.784. The molecule has 28 heavy (non-hydrogen) atoms. The maximum absolute atomic E-state index is 14.0. The van der Waals surface area contributed by atoms with E-state index in [1.165, 1.54) is 13.8 Å². The summed E-state index contributed by atoms with van der Waals surface area (Å²) in [7, 11) is 0. The Morgan fingerprint density at radius 1 is 0.786 bits per heavy atom. The molecule has 0 radical (unpaired) electrons. The molecule has 1 atom stereocenters. The van der Waals surface area contributed by atoms with Crippen molar-refractivity contribution in [3.8, 4) is 5.75 Å². The molecule has 0 aromatic heterocycles. The van der Waals surface area contributed by atoms with E-state index < -0.39 is 42.0 Å². The third-order valence-corrected chi connectivity index (χ3v) is 3.31. The van der Waals surface area contributed by atoms with Crippen molar-refractivity contribution in [1.82, 2.24) is 0 Å². The predicted octanol–water partition coefficient (Wildman–Crippen LogP) is 5.24. The molecule has 0 bridgehead atoms. The maximum atomic E-state index is 14.0. The van der Waals surface area contributed by atoms with Gasteiger partial charge >= 0.3 is 36.2 Å². The first-order valence-corrected chi connectivity index (χ1v) is 6.84. The summed E-state index contributed by atoms with van der Waals surface area (Å²) < 4.78 is 146. The minimum atomic E-state index is -7.26. The molecule has 0 saturated carbocycles. The Bertz CT molecular complexity index is 739. The summed E-state index contributed by atoms with van der Waals surface area (Å²) in [4.78, 5) is 11.4. The van der Waals surface area contributed by atoms with E-state index in [9.17, 15) is 53.1 Å². The van der Waals surface area contributed by atoms with Crippen LogP contribution in [0, 0.1) is 13.8 Å². The van der Waals surface area contributed by atoms with Gasteiger partial charge in [-0.25, -0.2) is 4.79 Å². The highest BCUT2D eigenvalue weighted by Gasteiger charge is 2.80. The van der Waals surface area contributed by atoms with Gasteiger partial charge in [-0.3, -0.25) is 4.74 Å². The Balaban J connectivity index is 3.32. The van der Waals surface area contributed by atoms with Crippen LogP contribution in [0.4, 0.5) is 48.3 Å². The SMILES string of the molecule is Cc1ccc(OC(=O)[C@@](F)(OC(F)(F)C(F)(F)C(F)(F)F)C(F)(F)F)cc1C. The lowest BCUT2D eigenvalue weighted by atomic mass is 10.1. The molecule has 0 spiro atoms. The van der Waals surface area contributed by atoms with Crippen LogP contribution in [0.3, 0.4) is 0 Å². The number of carbonyl (C=O) groups excluding carboxylic acids is 1. The van der Waals surface area contributed by atoms with Gasteiger partial charge in [0.25, 0.3) is 0 Å². The van der Waals surface area contributed by atoms with Crippen LogP contribution in [-0.4, -0.2) is 36.2 Å². The summed E-state index contributed by atoms with van der Waals surface area (Å²) in [6, 6.07) is 2.80. The monoisotopic (exact) mass is 434 g/mol. The zero-order valence-corrected chi connectivity index (χ0v) is 13.6. The average Bonchev–Trinajstić information content (AvgIpc) is 2.48. The number of esters is 1. The molecule has 1 rings (SSSR count). The van der Waals surface area contributed by atoms with Gasteiger partial charge in [0.15, 0.2) is 0 Å². The molecule has 1 aromatic carbocycles. The summed E-state index contributed by atoms with van der Waals surface area (Å²) >= 11 is 0. The Hall–Kier alpha value is -2.12. The highest BCUT2D eigenvalue weighted by atomic mass is 19.4. The fraction of sp³-hybridized carbons (Fsp3) is 0.500. The van der Waals surface area contributed by atoms with Crippen molar-refractivity contribution < 1.29 is 62.6 Å². The van der Waals surface area contributed by atoms with E-state index >= 15 is 0 Å². The zero-order valence-electron chi connectivity index (χ0n) is 13.6. The number of halogens is 11. The second-order valence-electron chi connectivity index (χ2n) is 5.42. The van der Waals surface area contributed by atoms with Gasteiger partial charge in [-0.1, -0.05) is 6.07 Å². The van der Waals surface area contributed by atoms with Crippen LogP contribution in [0.15, 0.2) is 18.2 Å². The molecule has 0 aliphatic rings. The van der Waals surface area contributed by atoms with Crippen molar-refractivity contribution in [1.29, 1.82) is 0 Å². The lowest BCUT2D eigenvalue weighted by Crippen LogP contribution is -2.62. The van der Waals surface area contributed by atoms with E-state index in [2.05, 4.69) is 9.47 Å². The van der Waals surface area contributed by atoms with Gasteiger partial charge in [0.2, 0.25) is 0 Å². The second-order valence-corrected chi connectivity index (χ2v) is 5.42. The molecular weight excluding hydrogens is 425 g/mol. The highest BCUT2D eigenvalue weighted by molar-refractivity contribution is 5.81. The topological polar surface area (TPSA) is 35.5 Å². The third-order valence-electron chi connectivity index (χ3n) is 3.31. The minimum Gasteiger partial charge on any atom is -0.422 e. The molecule has 1 aromatic rings. The lowest BCUT2D eigenvalue weighted by Gasteiger charge is -2.33. The van der Waals surface area contributed by atoms with E-state index in [0.717, 1.165) is 18.2 Å². The van der Waals surface area contributed by atoms with Crippen molar-refractivity contribution in [3.63, 3.8) is 0 Å². The third kappa shape index (κ3) is 4.31. The van der Waals surface area contributed by atoms with Crippen molar-refractivity contribution in [2.45, 2.75) is 44.1 Å². The quantitative estimate of drug-likeness (QED) is 0.361. The summed E-state index contributed by atoms with van der Waals surface area (Å²) in [6.45, 7) is 2.85. The molecule has 0 N–H and O–H groups in total. The minimum absolute atomic E-state index is 0.275. The summed E-state index contributed by atoms with van der Waals surface area (Å²) in [5.74, 6) is -17.8. The number of rotatable bonds is 5. The molecule has 0 heterocycles. The van der Waals surface area contributed by atoms with Crippen molar-refractivity contribution >= 4 is 5.97 Å². The van der Waals surface area contributed by atoms with E-state index in [-0.39, 0.29) is 5.56 Å². The molecular formula is C14H9F11O3. The fourth-order valence-electron chi connectivity index (χ4n) is 1.57. The van der Waals surface area contributed by atoms with Gasteiger partial charge in [-0.15, -0.1) is 0 Å². The normalized spacial score (nSPS) is 15.9. The van der Waals surface area contributed by atoms with E-state index in [0.29, 0.717) is 5.56 Å². The Morgan fingerprint density at radius 2 is 1.29 bits per heavy atom. The smallest absolute Gasteiger partial charge is 0.422 e. The van der Waals surface area contributed by atoms with Gasteiger partial charge in [0.1, 0.15) is 5.75 Å². The first-order valence-electron chi connectivity index (χ1n) is 6.84. The van der Waals surface area contributed by atoms with Gasteiger partial charge in [-0.2, -0.15) is 48.3 Å². The number of aryl methyl sites for hydroxylation is 2. The largest absolute Gasteiger partial charge is 0.462 e. The van der Waals surface area contributed by atoms with E-state index in [4.69, 9.17) is 0 Å². The lowest BCUT2D eigenvalue weighted by molar-refractivity contribution is -0.474. The average molecular weight is 434 g/mol. The number of carbonyl (C=O) groups is 1. The van der Waals surface area contributed by atoms with E-state index in [1.54, 1.807) is 0 Å². The summed E-state index contributed by atoms with van der Waals surface area (Å²) in [5, 5.41) is 0. The second kappa shape index (κ2) is 7.04. The number of hydrogen-bond acceptors (Lipinski definition) is 3. The molecule has 3 nitrogen and oxygen atoms in total. The molecule has 0 fully saturated rings. The maximum Gasteiger partial charge on any atom is 0.462 e. The first-order chi connectivity index (χ1) is 12.3. The molecule has 0 saturated heterocycles. The Kier molecular flexibility index (Phi) is 6.02. The Labute approximate surface area is 149 Å². The molecule has 0 unspecified atom stereocenters. The fourth-order valence-corrected chi connectivity index (χ4v) is 1.57. The van der Waals surface area contributed by atoms with Crippen LogP contribution < -0.4 is 4.74 Å². The number of benzene rings is 1. The Morgan fingerprint density at radius 3 is 1.68 bits per heavy atom. The van der Waals surface area contributed by atoms with Gasteiger partial charge in [-0.05, 0) is 37.1 Å². The molecule has 160 valence electrons. The van der Waals surface area contributed by atoms with Crippen LogP contribution in [-0.2, 0) is 9.53 Å². The number of hydrogen-bond donors (Lipinski definition) is 0. The zero-order chi connectivity index (χ0) is 22.3. The first kappa shape index (κ1) is 23.9. The molecule has 0 aliphatic heterocycles. The van der Waals surface area contributed by atoms with Crippen LogP contribution in [0.25, 0.3) is 0 Å². The van der Waals surface area contributed by atoms with Crippen LogP contribution in [0.1, 0.15) is 11.1 Å². The number of alkyl halides is 11. The van der Waals surface area contributed by atoms with Crippen LogP contribution in [0.2, 0.25) is 0 Å². The standard InChI is InChI=1S/C14H9F11O3/c1-6-3-4-8(5-7(6)2)27-9(26)10(15,12(18,19)20)28-14(24,25)11(16,17)13(21,22)23/h3-5H,1-2H3/t10-/m1/s1. The van der Waals surface area contributed by atoms with Gasteiger partial charge in [0, 0.05) is 0 Å². The van der Waals surface area contributed by atoms with Crippen molar-refractivity contribution in [2.75, 3.05) is 0 Å². The number of ether oxygens (including phenoxy) is 2. The van der Waals surface area contributed by atoms with Crippen molar-refractivity contribution in [2.24, 2.45) is 0 Å². The molecule has 0 aliphatic carbocycles. The molecule has 0 amide bonds. The molecule has 14 heteroatoms. The van der Waals surface area contributed by atoms with Gasteiger partial charge in [0.05, 0.1) is 0 Å².